The predicted molar refractivity (Wildman–Crippen MR) is 362 cm³/mol. The number of ether oxygens (including phenoxy) is 3. The lowest BCUT2D eigenvalue weighted by atomic mass is 10.0. The van der Waals surface area contributed by atoms with Crippen LogP contribution in [0.15, 0.2) is 158 Å². The third-order valence-electron chi connectivity index (χ3n) is 14.0. The highest BCUT2D eigenvalue weighted by Gasteiger charge is 2.19. The smallest absolute Gasteiger partial charge is 0.306 e. The third-order valence-corrected chi connectivity index (χ3v) is 14.0. The Labute approximate surface area is 511 Å². The van der Waals surface area contributed by atoms with Crippen molar-refractivity contribution in [2.24, 2.45) is 0 Å². The van der Waals surface area contributed by atoms with Crippen LogP contribution in [0.3, 0.4) is 0 Å². The molecule has 0 aromatic rings. The Bertz CT molecular complexity index is 1840. The summed E-state index contributed by atoms with van der Waals surface area (Å²) in [5.74, 6) is -0.971. The summed E-state index contributed by atoms with van der Waals surface area (Å²) in [6.45, 7) is 6.25. The lowest BCUT2D eigenvalue weighted by molar-refractivity contribution is -0.167. The van der Waals surface area contributed by atoms with Gasteiger partial charge in [0.15, 0.2) is 6.10 Å². The SMILES string of the molecule is CC/C=C\C/C=C\C/C=C\C/C=C\C/C=C\CCCCCCCCCCCCCCCCCCCC(=O)OCC(COC(=O)CCCC/C=C\C/C=C\C/C=C\C/C=C\CC)OC(=O)CCCCCC/C=C\C/C=C\C/C=C\C/C=C\CC. The molecule has 0 bridgehead atoms. The fourth-order valence-electron chi connectivity index (χ4n) is 9.04. The van der Waals surface area contributed by atoms with Gasteiger partial charge in [-0.05, 0) is 141 Å². The van der Waals surface area contributed by atoms with E-state index < -0.39 is 6.10 Å². The van der Waals surface area contributed by atoms with Gasteiger partial charge in [-0.15, -0.1) is 0 Å². The van der Waals surface area contributed by atoms with Gasteiger partial charge < -0.3 is 14.2 Å². The van der Waals surface area contributed by atoms with Crippen LogP contribution < -0.4 is 0 Å². The number of carbonyl (C=O) groups excluding carboxylic acids is 3. The molecule has 0 aromatic heterocycles. The van der Waals surface area contributed by atoms with E-state index in [-0.39, 0.29) is 37.5 Å². The molecule has 0 amide bonds. The second-order valence-electron chi connectivity index (χ2n) is 21.9. The monoisotopic (exact) mass is 1140 g/mol. The van der Waals surface area contributed by atoms with E-state index in [4.69, 9.17) is 14.2 Å². The van der Waals surface area contributed by atoms with E-state index in [0.29, 0.717) is 19.3 Å². The summed E-state index contributed by atoms with van der Waals surface area (Å²) in [6.07, 6.45) is 101. The van der Waals surface area contributed by atoms with Crippen molar-refractivity contribution in [1.29, 1.82) is 0 Å². The molecule has 6 nitrogen and oxygen atoms in total. The van der Waals surface area contributed by atoms with Gasteiger partial charge in [0.2, 0.25) is 0 Å². The highest BCUT2D eigenvalue weighted by Crippen LogP contribution is 2.16. The molecule has 0 aliphatic carbocycles. The van der Waals surface area contributed by atoms with E-state index in [1.54, 1.807) is 0 Å². The minimum Gasteiger partial charge on any atom is -0.462 e. The van der Waals surface area contributed by atoms with Gasteiger partial charge in [0.25, 0.3) is 0 Å². The van der Waals surface area contributed by atoms with Crippen molar-refractivity contribution in [2.75, 3.05) is 13.2 Å². The van der Waals surface area contributed by atoms with Gasteiger partial charge in [-0.3, -0.25) is 14.4 Å². The largest absolute Gasteiger partial charge is 0.462 e. The number of esters is 3. The van der Waals surface area contributed by atoms with Gasteiger partial charge in [0.1, 0.15) is 13.2 Å². The summed E-state index contributed by atoms with van der Waals surface area (Å²) in [7, 11) is 0. The maximum Gasteiger partial charge on any atom is 0.306 e. The second kappa shape index (κ2) is 69.5. The lowest BCUT2D eigenvalue weighted by Crippen LogP contribution is -2.30. The van der Waals surface area contributed by atoms with Gasteiger partial charge in [-0.2, -0.15) is 0 Å². The third kappa shape index (κ3) is 67.7. The van der Waals surface area contributed by atoms with Crippen LogP contribution in [0, 0.1) is 0 Å². The van der Waals surface area contributed by atoms with Crippen LogP contribution in [0.2, 0.25) is 0 Å². The summed E-state index contributed by atoms with van der Waals surface area (Å²) < 4.78 is 16.9. The van der Waals surface area contributed by atoms with Gasteiger partial charge >= 0.3 is 17.9 Å². The van der Waals surface area contributed by atoms with Crippen molar-refractivity contribution in [2.45, 2.75) is 297 Å². The molecule has 1 unspecified atom stereocenters. The molecule has 0 aliphatic rings. The van der Waals surface area contributed by atoms with Crippen LogP contribution in [0.5, 0.6) is 0 Å². The molecule has 0 N–H and O–H groups in total. The molecule has 468 valence electrons. The van der Waals surface area contributed by atoms with Crippen molar-refractivity contribution in [3.8, 4) is 0 Å². The molecule has 0 saturated heterocycles. The van der Waals surface area contributed by atoms with E-state index >= 15 is 0 Å². The first-order valence-corrected chi connectivity index (χ1v) is 34.0. The van der Waals surface area contributed by atoms with Crippen LogP contribution in [0.25, 0.3) is 0 Å². The maximum atomic E-state index is 12.9. The Balaban J connectivity index is 4.28. The van der Waals surface area contributed by atoms with Crippen LogP contribution in [0.1, 0.15) is 290 Å². The number of rotatable bonds is 60. The summed E-state index contributed by atoms with van der Waals surface area (Å²) >= 11 is 0. The zero-order valence-corrected chi connectivity index (χ0v) is 53.7. The minimum atomic E-state index is -0.815. The van der Waals surface area contributed by atoms with E-state index in [2.05, 4.69) is 179 Å². The van der Waals surface area contributed by atoms with Crippen molar-refractivity contribution in [3.05, 3.63) is 158 Å². The maximum absolute atomic E-state index is 12.9. The molecule has 0 rings (SSSR count). The Hall–Kier alpha value is -4.97. The van der Waals surface area contributed by atoms with Crippen molar-refractivity contribution in [1.82, 2.24) is 0 Å². The normalized spacial score (nSPS) is 13.1. The van der Waals surface area contributed by atoms with E-state index in [9.17, 15) is 14.4 Å². The Kier molecular flexibility index (Phi) is 65.4. The standard InChI is InChI=1S/C77H124O6/c1-4-7-10-13-16-19-22-25-28-30-31-32-33-34-35-36-37-38-39-40-41-42-43-44-45-47-49-52-55-58-61-64-67-70-76(79)82-73-74(72-81-75(78)69-66-63-60-57-54-51-48-27-24-21-18-15-12-9-6-3)83-77(80)71-68-65-62-59-56-53-50-46-29-26-23-20-17-14-11-8-5-2/h7-12,16-21,25-29,31-32,34-35,48,50,53-54,57,74H,4-6,13-15,22-24,30,33,36-47,49,51-52,55-56,58-73H2,1-3H3/b10-7-,11-8-,12-9-,19-16-,20-17-,21-18-,28-25-,29-26-,32-31-,35-34-,48-27-,53-50-,57-54-. The van der Waals surface area contributed by atoms with Crippen LogP contribution in [-0.4, -0.2) is 37.2 Å². The summed E-state index contributed by atoms with van der Waals surface area (Å²) in [5.41, 5.74) is 0. The second-order valence-corrected chi connectivity index (χ2v) is 21.9. The molecular weight excluding hydrogens is 1020 g/mol. The number of hydrogen-bond donors (Lipinski definition) is 0. The fourth-order valence-corrected chi connectivity index (χ4v) is 9.04. The Morgan fingerprint density at radius 2 is 0.434 bits per heavy atom. The molecule has 0 radical (unpaired) electrons. The average molecular weight is 1150 g/mol. The molecule has 0 fully saturated rings. The minimum absolute atomic E-state index is 0.105. The molecule has 83 heavy (non-hydrogen) atoms. The molecule has 0 aliphatic heterocycles. The van der Waals surface area contributed by atoms with Crippen molar-refractivity contribution in [3.63, 3.8) is 0 Å². The highest BCUT2D eigenvalue weighted by molar-refractivity contribution is 5.71. The van der Waals surface area contributed by atoms with Gasteiger partial charge in [0, 0.05) is 19.3 Å². The highest BCUT2D eigenvalue weighted by atomic mass is 16.6. The van der Waals surface area contributed by atoms with E-state index in [0.717, 1.165) is 148 Å². The van der Waals surface area contributed by atoms with Crippen molar-refractivity contribution >= 4 is 17.9 Å². The molecule has 0 saturated carbocycles. The lowest BCUT2D eigenvalue weighted by Gasteiger charge is -2.18. The number of carbonyl (C=O) groups is 3. The number of unbranched alkanes of at least 4 members (excludes halogenated alkanes) is 23. The first-order valence-electron chi connectivity index (χ1n) is 34.0. The molecule has 1 atom stereocenters. The topological polar surface area (TPSA) is 78.9 Å². The zero-order valence-electron chi connectivity index (χ0n) is 53.7. The zero-order chi connectivity index (χ0) is 59.9. The van der Waals surface area contributed by atoms with E-state index in [1.807, 2.05) is 0 Å². The molecule has 0 aromatic carbocycles. The predicted octanol–water partition coefficient (Wildman–Crippen LogP) is 23.7. The number of allylic oxidation sites excluding steroid dienone is 26. The Morgan fingerprint density at radius 1 is 0.241 bits per heavy atom. The quantitative estimate of drug-likeness (QED) is 0.0261. The van der Waals surface area contributed by atoms with Gasteiger partial charge in [-0.1, -0.05) is 288 Å². The molecule has 0 heterocycles. The molecule has 6 heteroatoms. The average Bonchev–Trinajstić information content (AvgIpc) is 3.49. The summed E-state index contributed by atoms with van der Waals surface area (Å²) in [6, 6.07) is 0. The van der Waals surface area contributed by atoms with Crippen LogP contribution in [-0.2, 0) is 28.6 Å². The first-order chi connectivity index (χ1) is 41.0. The molecule has 0 spiro atoms. The van der Waals surface area contributed by atoms with Crippen LogP contribution >= 0.6 is 0 Å². The van der Waals surface area contributed by atoms with Crippen molar-refractivity contribution < 1.29 is 28.6 Å². The van der Waals surface area contributed by atoms with Gasteiger partial charge in [-0.25, -0.2) is 0 Å². The molecular formula is C77H124O6. The summed E-state index contributed by atoms with van der Waals surface area (Å²) in [4.78, 5) is 38.3. The van der Waals surface area contributed by atoms with Crippen LogP contribution in [0.4, 0.5) is 0 Å². The number of hydrogen-bond acceptors (Lipinski definition) is 6. The Morgan fingerprint density at radius 3 is 0.699 bits per heavy atom. The summed E-state index contributed by atoms with van der Waals surface area (Å²) in [5, 5.41) is 0. The van der Waals surface area contributed by atoms with Gasteiger partial charge in [0.05, 0.1) is 0 Å². The first kappa shape index (κ1) is 78.0. The fraction of sp³-hybridized carbons (Fsp3) is 0.623. The van der Waals surface area contributed by atoms with E-state index in [1.165, 1.54) is 96.3 Å².